The van der Waals surface area contributed by atoms with Crippen molar-refractivity contribution in [2.75, 3.05) is 13.2 Å². The highest BCUT2D eigenvalue weighted by atomic mass is 16.6. The predicted molar refractivity (Wildman–Crippen MR) is 289 cm³/mol. The fraction of sp³-hybridized carbons (Fsp3) is 0.820. The van der Waals surface area contributed by atoms with Gasteiger partial charge in [-0.2, -0.15) is 0 Å². The third kappa shape index (κ3) is 54.2. The molecule has 0 aromatic heterocycles. The first-order valence-electron chi connectivity index (χ1n) is 29.1. The van der Waals surface area contributed by atoms with E-state index in [1.54, 1.807) is 0 Å². The second-order valence-corrected chi connectivity index (χ2v) is 19.6. The van der Waals surface area contributed by atoms with Gasteiger partial charge in [0.25, 0.3) is 0 Å². The topological polar surface area (TPSA) is 78.9 Å². The van der Waals surface area contributed by atoms with Crippen molar-refractivity contribution < 1.29 is 28.6 Å². The molecule has 0 aromatic rings. The number of esters is 3. The molecule has 0 aromatic carbocycles. The average Bonchev–Trinajstić information content (AvgIpc) is 3.33. The molecule has 6 heteroatoms. The maximum atomic E-state index is 12.8. The van der Waals surface area contributed by atoms with E-state index in [2.05, 4.69) is 69.4 Å². The first kappa shape index (κ1) is 64.4. The Kier molecular flexibility index (Phi) is 53.8. The van der Waals surface area contributed by atoms with Gasteiger partial charge in [-0.05, 0) is 83.5 Å². The van der Waals surface area contributed by atoms with Gasteiger partial charge in [0, 0.05) is 19.3 Å². The van der Waals surface area contributed by atoms with E-state index in [1.165, 1.54) is 167 Å². The van der Waals surface area contributed by atoms with Crippen LogP contribution in [0.3, 0.4) is 0 Å². The molecule has 1 atom stereocenters. The summed E-state index contributed by atoms with van der Waals surface area (Å²) in [5.41, 5.74) is 0. The van der Waals surface area contributed by atoms with E-state index in [0.717, 1.165) is 96.3 Å². The average molecular weight is 940 g/mol. The van der Waals surface area contributed by atoms with Crippen molar-refractivity contribution in [2.24, 2.45) is 0 Å². The van der Waals surface area contributed by atoms with E-state index in [9.17, 15) is 14.4 Å². The summed E-state index contributed by atoms with van der Waals surface area (Å²) in [6, 6.07) is 0. The van der Waals surface area contributed by atoms with E-state index in [1.807, 2.05) is 0 Å². The van der Waals surface area contributed by atoms with Gasteiger partial charge in [0.15, 0.2) is 6.10 Å². The summed E-state index contributed by atoms with van der Waals surface area (Å²) in [6.07, 6.45) is 68.1. The van der Waals surface area contributed by atoms with Gasteiger partial charge in [-0.3, -0.25) is 14.4 Å². The van der Waals surface area contributed by atoms with Crippen molar-refractivity contribution in [1.29, 1.82) is 0 Å². The SMILES string of the molecule is CCCCCC/C=C\C/C=C\CCCCCCCCCC(=O)OCC(COC(=O)CCCCCCCCCCCCCCCCC)OC(=O)CCCCCCC/C=C\C/C=C\CCCCCC. The number of hydrogen-bond donors (Lipinski definition) is 0. The molecule has 0 aliphatic rings. The summed E-state index contributed by atoms with van der Waals surface area (Å²) in [7, 11) is 0. The molecule has 390 valence electrons. The minimum atomic E-state index is -0.782. The predicted octanol–water partition coefficient (Wildman–Crippen LogP) is 19.4. The highest BCUT2D eigenvalue weighted by Gasteiger charge is 2.19. The molecule has 0 rings (SSSR count). The summed E-state index contributed by atoms with van der Waals surface area (Å²) in [5, 5.41) is 0. The van der Waals surface area contributed by atoms with E-state index in [0.29, 0.717) is 19.3 Å². The van der Waals surface area contributed by atoms with Gasteiger partial charge in [0.05, 0.1) is 0 Å². The van der Waals surface area contributed by atoms with E-state index in [-0.39, 0.29) is 31.1 Å². The van der Waals surface area contributed by atoms with Gasteiger partial charge < -0.3 is 14.2 Å². The van der Waals surface area contributed by atoms with Gasteiger partial charge >= 0.3 is 17.9 Å². The lowest BCUT2D eigenvalue weighted by molar-refractivity contribution is -0.167. The molecular weight excluding hydrogens is 829 g/mol. The van der Waals surface area contributed by atoms with E-state index >= 15 is 0 Å². The molecular formula is C61H110O6. The number of hydrogen-bond acceptors (Lipinski definition) is 6. The molecule has 0 radical (unpaired) electrons. The third-order valence-corrected chi connectivity index (χ3v) is 12.8. The molecule has 0 N–H and O–H groups in total. The molecule has 0 spiro atoms. The van der Waals surface area contributed by atoms with Crippen LogP contribution < -0.4 is 0 Å². The number of ether oxygens (including phenoxy) is 3. The molecule has 6 nitrogen and oxygen atoms in total. The third-order valence-electron chi connectivity index (χ3n) is 12.8. The Hall–Kier alpha value is -2.63. The standard InChI is InChI=1S/C61H110O6/c1-4-7-10-13-16-19-22-25-28-30-31-34-36-39-42-45-48-51-54-60(63)66-57-58(56-65-59(62)53-50-47-44-41-38-35-32-27-24-21-18-15-12-9-6-3)67-61(64)55-52-49-46-43-40-37-33-29-26-23-20-17-14-11-8-5-2/h19-20,22-23,28-30,33,58H,4-18,21,24-27,31-32,34-57H2,1-3H3/b22-19-,23-20-,30-28-,33-29-. The molecule has 67 heavy (non-hydrogen) atoms. The lowest BCUT2D eigenvalue weighted by atomic mass is 10.0. The number of rotatable bonds is 53. The first-order valence-corrected chi connectivity index (χ1v) is 29.1. The number of unbranched alkanes of at least 4 members (excludes halogenated alkanes) is 34. The van der Waals surface area contributed by atoms with Crippen molar-refractivity contribution in [3.8, 4) is 0 Å². The fourth-order valence-corrected chi connectivity index (χ4v) is 8.39. The van der Waals surface area contributed by atoms with Gasteiger partial charge in [-0.1, -0.05) is 249 Å². The normalized spacial score (nSPS) is 12.3. The van der Waals surface area contributed by atoms with Gasteiger partial charge in [0.2, 0.25) is 0 Å². The molecule has 0 bridgehead atoms. The number of carbonyl (C=O) groups is 3. The quantitative estimate of drug-likeness (QED) is 0.0262. The molecule has 0 aliphatic carbocycles. The number of carbonyl (C=O) groups excluding carboxylic acids is 3. The van der Waals surface area contributed by atoms with Crippen molar-refractivity contribution in [3.05, 3.63) is 48.6 Å². The van der Waals surface area contributed by atoms with Crippen LogP contribution >= 0.6 is 0 Å². The Morgan fingerprint density at radius 2 is 0.537 bits per heavy atom. The Morgan fingerprint density at radius 1 is 0.299 bits per heavy atom. The Labute approximate surface area is 416 Å². The lowest BCUT2D eigenvalue weighted by Gasteiger charge is -2.18. The van der Waals surface area contributed by atoms with Gasteiger partial charge in [0.1, 0.15) is 13.2 Å². The Bertz CT molecular complexity index is 1170. The second kappa shape index (κ2) is 56.0. The van der Waals surface area contributed by atoms with Crippen molar-refractivity contribution >= 4 is 17.9 Å². The molecule has 0 amide bonds. The Balaban J connectivity index is 4.39. The molecule has 1 unspecified atom stereocenters. The van der Waals surface area contributed by atoms with Crippen LogP contribution in [-0.4, -0.2) is 37.2 Å². The van der Waals surface area contributed by atoms with Crippen molar-refractivity contribution in [1.82, 2.24) is 0 Å². The zero-order valence-corrected chi connectivity index (χ0v) is 44.7. The molecule has 0 aliphatic heterocycles. The van der Waals surface area contributed by atoms with Crippen LogP contribution in [0.2, 0.25) is 0 Å². The minimum absolute atomic E-state index is 0.0785. The summed E-state index contributed by atoms with van der Waals surface area (Å²) in [6.45, 7) is 6.62. The largest absolute Gasteiger partial charge is 0.462 e. The first-order chi connectivity index (χ1) is 33.0. The summed E-state index contributed by atoms with van der Waals surface area (Å²) in [4.78, 5) is 38.2. The van der Waals surface area contributed by atoms with E-state index < -0.39 is 6.10 Å². The van der Waals surface area contributed by atoms with Crippen LogP contribution in [0.4, 0.5) is 0 Å². The molecule has 0 fully saturated rings. The summed E-state index contributed by atoms with van der Waals surface area (Å²) in [5.74, 6) is -0.885. The van der Waals surface area contributed by atoms with Crippen LogP contribution in [0.1, 0.15) is 303 Å². The minimum Gasteiger partial charge on any atom is -0.462 e. The van der Waals surface area contributed by atoms with Crippen LogP contribution in [0.25, 0.3) is 0 Å². The maximum absolute atomic E-state index is 12.8. The van der Waals surface area contributed by atoms with Crippen molar-refractivity contribution in [3.63, 3.8) is 0 Å². The zero-order valence-electron chi connectivity index (χ0n) is 44.7. The van der Waals surface area contributed by atoms with Gasteiger partial charge in [-0.15, -0.1) is 0 Å². The van der Waals surface area contributed by atoms with Gasteiger partial charge in [-0.25, -0.2) is 0 Å². The van der Waals surface area contributed by atoms with Crippen LogP contribution in [-0.2, 0) is 28.6 Å². The van der Waals surface area contributed by atoms with E-state index in [4.69, 9.17) is 14.2 Å². The lowest BCUT2D eigenvalue weighted by Crippen LogP contribution is -2.30. The van der Waals surface area contributed by atoms with Crippen LogP contribution in [0.5, 0.6) is 0 Å². The highest BCUT2D eigenvalue weighted by Crippen LogP contribution is 2.16. The number of allylic oxidation sites excluding steroid dienone is 8. The van der Waals surface area contributed by atoms with Crippen LogP contribution in [0.15, 0.2) is 48.6 Å². The van der Waals surface area contributed by atoms with Crippen molar-refractivity contribution in [2.45, 2.75) is 309 Å². The fourth-order valence-electron chi connectivity index (χ4n) is 8.39. The molecule has 0 saturated carbocycles. The maximum Gasteiger partial charge on any atom is 0.306 e. The zero-order chi connectivity index (χ0) is 48.6. The molecule has 0 saturated heterocycles. The summed E-state index contributed by atoms with van der Waals surface area (Å²) >= 11 is 0. The smallest absolute Gasteiger partial charge is 0.306 e. The highest BCUT2D eigenvalue weighted by molar-refractivity contribution is 5.71. The van der Waals surface area contributed by atoms with Crippen LogP contribution in [0, 0.1) is 0 Å². The second-order valence-electron chi connectivity index (χ2n) is 19.6. The summed E-state index contributed by atoms with van der Waals surface area (Å²) < 4.78 is 16.9. The Morgan fingerprint density at radius 3 is 0.836 bits per heavy atom. The monoisotopic (exact) mass is 939 g/mol. The molecule has 0 heterocycles.